The molecule has 27 heavy (non-hydrogen) atoms. The summed E-state index contributed by atoms with van der Waals surface area (Å²) >= 11 is 1.17. The molecule has 0 aliphatic heterocycles. The lowest BCUT2D eigenvalue weighted by molar-refractivity contribution is 0.539. The first-order chi connectivity index (χ1) is 12.6. The molecule has 0 amide bonds. The molecule has 0 fully saturated rings. The number of hydrogen-bond donors (Lipinski definition) is 0. The minimum atomic E-state index is -0.465. The van der Waals surface area contributed by atoms with E-state index in [1.165, 1.54) is 23.4 Å². The fraction of sp³-hybridized carbons (Fsp3) is 0.333. The number of nitriles is 1. The molecule has 0 unspecified atom stereocenters. The van der Waals surface area contributed by atoms with Crippen LogP contribution in [0, 0.1) is 11.3 Å². The van der Waals surface area contributed by atoms with Crippen molar-refractivity contribution in [1.82, 2.24) is 24.1 Å². The van der Waals surface area contributed by atoms with Crippen LogP contribution in [0.3, 0.4) is 0 Å². The molecular formula is C18H18N6O2S. The van der Waals surface area contributed by atoms with Crippen molar-refractivity contribution in [3.63, 3.8) is 0 Å². The number of aromatic nitrogens is 5. The Hall–Kier alpha value is -2.99. The number of nitrogens with zero attached hydrogens (tertiary/aromatic N) is 6. The maximum Gasteiger partial charge on any atom is 0.332 e. The van der Waals surface area contributed by atoms with Crippen LogP contribution in [0.15, 0.2) is 37.8 Å². The minimum Gasteiger partial charge on any atom is -0.280 e. The molecule has 0 N–H and O–H groups in total. The summed E-state index contributed by atoms with van der Waals surface area (Å²) in [5, 5.41) is 10.2. The van der Waals surface area contributed by atoms with Crippen molar-refractivity contribution in [3.05, 3.63) is 50.6 Å². The molecule has 0 bridgehead atoms. The standard InChI is InChI=1S/C18H18N6O2S/c1-18(2,3)16-21-13-12(15(25)24(5)17(26)23(13)4)14(22-16)27-11-8-6-7-10(9-19)20-11/h6-8H,1-5H3. The van der Waals surface area contributed by atoms with E-state index in [4.69, 9.17) is 5.26 Å². The van der Waals surface area contributed by atoms with Gasteiger partial charge in [0.15, 0.2) is 5.65 Å². The lowest BCUT2D eigenvalue weighted by Gasteiger charge is -2.19. The summed E-state index contributed by atoms with van der Waals surface area (Å²) in [6.07, 6.45) is 0. The summed E-state index contributed by atoms with van der Waals surface area (Å²) in [6.45, 7) is 5.86. The van der Waals surface area contributed by atoms with Crippen molar-refractivity contribution >= 4 is 22.8 Å². The zero-order chi connectivity index (χ0) is 19.9. The average Bonchev–Trinajstić information content (AvgIpc) is 2.63. The Balaban J connectivity index is 2.37. The van der Waals surface area contributed by atoms with Gasteiger partial charge in [-0.15, -0.1) is 0 Å². The van der Waals surface area contributed by atoms with Gasteiger partial charge in [-0.1, -0.05) is 26.8 Å². The Morgan fingerprint density at radius 3 is 2.41 bits per heavy atom. The van der Waals surface area contributed by atoms with E-state index in [0.717, 1.165) is 4.57 Å². The molecule has 9 heteroatoms. The van der Waals surface area contributed by atoms with E-state index in [9.17, 15) is 9.59 Å². The SMILES string of the molecule is Cn1c(=O)c2c(Sc3cccc(C#N)n3)nc(C(C)(C)C)nc2n(C)c1=O. The third-order valence-corrected chi connectivity index (χ3v) is 4.90. The molecule has 3 aromatic heterocycles. The van der Waals surface area contributed by atoms with Gasteiger partial charge >= 0.3 is 5.69 Å². The largest absolute Gasteiger partial charge is 0.332 e. The van der Waals surface area contributed by atoms with Crippen LogP contribution in [0.1, 0.15) is 32.3 Å². The minimum absolute atomic E-state index is 0.252. The monoisotopic (exact) mass is 382 g/mol. The highest BCUT2D eigenvalue weighted by atomic mass is 32.2. The number of rotatable bonds is 2. The summed E-state index contributed by atoms with van der Waals surface area (Å²) in [4.78, 5) is 38.4. The third-order valence-electron chi connectivity index (χ3n) is 3.98. The molecule has 3 rings (SSSR count). The lowest BCUT2D eigenvalue weighted by Crippen LogP contribution is -2.38. The van der Waals surface area contributed by atoms with Gasteiger partial charge < -0.3 is 0 Å². The second-order valence-corrected chi connectivity index (χ2v) is 8.09. The Kier molecular flexibility index (Phi) is 4.61. The van der Waals surface area contributed by atoms with E-state index >= 15 is 0 Å². The zero-order valence-electron chi connectivity index (χ0n) is 15.6. The fourth-order valence-electron chi connectivity index (χ4n) is 2.47. The predicted octanol–water partition coefficient (Wildman–Crippen LogP) is 1.74. The summed E-state index contributed by atoms with van der Waals surface area (Å²) in [6, 6.07) is 7.05. The molecule has 138 valence electrons. The Labute approximate surface area is 159 Å². The van der Waals surface area contributed by atoms with E-state index in [0.29, 0.717) is 15.9 Å². The van der Waals surface area contributed by atoms with Gasteiger partial charge in [0, 0.05) is 19.5 Å². The van der Waals surface area contributed by atoms with Gasteiger partial charge in [0.2, 0.25) is 0 Å². The molecule has 3 aromatic rings. The molecule has 0 aliphatic rings. The first kappa shape index (κ1) is 18.8. The predicted molar refractivity (Wildman–Crippen MR) is 102 cm³/mol. The number of pyridine rings is 1. The first-order valence-corrected chi connectivity index (χ1v) is 8.98. The lowest BCUT2D eigenvalue weighted by atomic mass is 9.96. The van der Waals surface area contributed by atoms with Crippen LogP contribution in [-0.2, 0) is 19.5 Å². The average molecular weight is 382 g/mol. The molecule has 0 spiro atoms. The van der Waals surface area contributed by atoms with Crippen LogP contribution < -0.4 is 11.2 Å². The third kappa shape index (κ3) is 3.36. The zero-order valence-corrected chi connectivity index (χ0v) is 16.5. The van der Waals surface area contributed by atoms with Crippen LogP contribution in [-0.4, -0.2) is 24.1 Å². The second-order valence-electron chi connectivity index (χ2n) is 7.08. The van der Waals surface area contributed by atoms with E-state index in [1.807, 2.05) is 26.8 Å². The van der Waals surface area contributed by atoms with Crippen LogP contribution in [0.5, 0.6) is 0 Å². The van der Waals surface area contributed by atoms with Crippen molar-refractivity contribution in [3.8, 4) is 6.07 Å². The van der Waals surface area contributed by atoms with Crippen LogP contribution in [0.25, 0.3) is 11.0 Å². The van der Waals surface area contributed by atoms with Crippen molar-refractivity contribution in [2.75, 3.05) is 0 Å². The van der Waals surface area contributed by atoms with Crippen molar-refractivity contribution in [2.45, 2.75) is 36.2 Å². The van der Waals surface area contributed by atoms with Gasteiger partial charge in [0.1, 0.15) is 33.0 Å². The first-order valence-electron chi connectivity index (χ1n) is 8.16. The fourth-order valence-corrected chi connectivity index (χ4v) is 3.37. The number of hydrogen-bond acceptors (Lipinski definition) is 7. The van der Waals surface area contributed by atoms with Gasteiger partial charge in [-0.25, -0.2) is 19.7 Å². The number of aryl methyl sites for hydroxylation is 1. The van der Waals surface area contributed by atoms with E-state index in [-0.39, 0.29) is 22.1 Å². The van der Waals surface area contributed by atoms with Crippen molar-refractivity contribution in [1.29, 1.82) is 5.26 Å². The quantitative estimate of drug-likeness (QED) is 0.621. The summed E-state index contributed by atoms with van der Waals surface area (Å²) in [7, 11) is 3.00. The Bertz CT molecular complexity index is 1210. The van der Waals surface area contributed by atoms with Crippen LogP contribution >= 0.6 is 11.8 Å². The van der Waals surface area contributed by atoms with Crippen molar-refractivity contribution in [2.24, 2.45) is 14.1 Å². The molecule has 0 atom stereocenters. The molecule has 0 aromatic carbocycles. The highest BCUT2D eigenvalue weighted by Crippen LogP contribution is 2.31. The molecule has 0 aliphatic carbocycles. The van der Waals surface area contributed by atoms with E-state index in [1.54, 1.807) is 25.2 Å². The molecule has 0 radical (unpaired) electrons. The van der Waals surface area contributed by atoms with Crippen LogP contribution in [0.4, 0.5) is 0 Å². The maximum absolute atomic E-state index is 12.8. The number of fused-ring (bicyclic) bond motifs is 1. The van der Waals surface area contributed by atoms with Gasteiger partial charge in [0.05, 0.1) is 0 Å². The molecule has 3 heterocycles. The molecule has 0 saturated heterocycles. The summed E-state index contributed by atoms with van der Waals surface area (Å²) < 4.78 is 2.38. The van der Waals surface area contributed by atoms with E-state index in [2.05, 4.69) is 15.0 Å². The summed E-state index contributed by atoms with van der Waals surface area (Å²) in [5.41, 5.74) is -0.751. The van der Waals surface area contributed by atoms with Gasteiger partial charge in [-0.05, 0) is 23.9 Å². The Morgan fingerprint density at radius 2 is 1.78 bits per heavy atom. The highest BCUT2D eigenvalue weighted by molar-refractivity contribution is 7.99. The summed E-state index contributed by atoms with van der Waals surface area (Å²) in [5.74, 6) is 0.511. The van der Waals surface area contributed by atoms with Gasteiger partial charge in [-0.2, -0.15) is 5.26 Å². The van der Waals surface area contributed by atoms with Crippen LogP contribution in [0.2, 0.25) is 0 Å². The molecule has 8 nitrogen and oxygen atoms in total. The highest BCUT2D eigenvalue weighted by Gasteiger charge is 2.24. The smallest absolute Gasteiger partial charge is 0.280 e. The van der Waals surface area contributed by atoms with Crippen molar-refractivity contribution < 1.29 is 0 Å². The molecule has 0 saturated carbocycles. The maximum atomic E-state index is 12.8. The molecular weight excluding hydrogens is 364 g/mol. The topological polar surface area (TPSA) is 106 Å². The van der Waals surface area contributed by atoms with E-state index < -0.39 is 11.2 Å². The van der Waals surface area contributed by atoms with Gasteiger partial charge in [-0.3, -0.25) is 13.9 Å². The van der Waals surface area contributed by atoms with Gasteiger partial charge in [0.25, 0.3) is 5.56 Å². The second kappa shape index (κ2) is 6.63. The normalized spacial score (nSPS) is 11.6. The Morgan fingerprint density at radius 1 is 1.07 bits per heavy atom.